The number of hydrogen-bond acceptors (Lipinski definition) is 3. The molecule has 0 aromatic carbocycles. The molecule has 0 spiro atoms. The van der Waals surface area contributed by atoms with Crippen LogP contribution in [0.1, 0.15) is 13.3 Å². The molecule has 1 N–H and O–H groups in total. The minimum Gasteiger partial charge on any atom is -0.452 e. The first-order chi connectivity index (χ1) is 5.74. The number of ether oxygens (including phenoxy) is 1. The van der Waals surface area contributed by atoms with Crippen LogP contribution in [0, 0.1) is 0 Å². The largest absolute Gasteiger partial charge is 0.452 e. The summed E-state index contributed by atoms with van der Waals surface area (Å²) in [6, 6.07) is 0. The van der Waals surface area contributed by atoms with Crippen LogP contribution in [0.25, 0.3) is 0 Å². The van der Waals surface area contributed by atoms with Crippen molar-refractivity contribution in [1.29, 1.82) is 0 Å². The summed E-state index contributed by atoms with van der Waals surface area (Å²) in [7, 11) is 0. The van der Waals surface area contributed by atoms with E-state index >= 15 is 0 Å². The maximum absolute atomic E-state index is 10.7. The molecule has 0 saturated heterocycles. The van der Waals surface area contributed by atoms with Crippen molar-refractivity contribution in [1.82, 2.24) is 0 Å². The topological polar surface area (TPSA) is 46.5 Å². The highest BCUT2D eigenvalue weighted by molar-refractivity contribution is 5.83. The SMILES string of the molecule is CC/C=C/[C@@H]1OC(=O)C=C[C@@H]1O. The van der Waals surface area contributed by atoms with Crippen LogP contribution in [0.15, 0.2) is 24.3 Å². The number of esters is 1. The summed E-state index contributed by atoms with van der Waals surface area (Å²) in [5.74, 6) is -0.397. The predicted octanol–water partition coefficient (Wildman–Crippen LogP) is 0.795. The maximum Gasteiger partial charge on any atom is 0.331 e. The highest BCUT2D eigenvalue weighted by atomic mass is 16.6. The van der Waals surface area contributed by atoms with E-state index in [-0.39, 0.29) is 0 Å². The minimum atomic E-state index is -0.703. The summed E-state index contributed by atoms with van der Waals surface area (Å²) in [5.41, 5.74) is 0. The van der Waals surface area contributed by atoms with Gasteiger partial charge < -0.3 is 9.84 Å². The lowest BCUT2D eigenvalue weighted by atomic mass is 10.1. The van der Waals surface area contributed by atoms with Crippen molar-refractivity contribution in [3.8, 4) is 0 Å². The fourth-order valence-electron chi connectivity index (χ4n) is 0.953. The van der Waals surface area contributed by atoms with Crippen molar-refractivity contribution in [3.05, 3.63) is 24.3 Å². The molecule has 0 fully saturated rings. The van der Waals surface area contributed by atoms with Gasteiger partial charge in [-0.05, 0) is 18.6 Å². The molecule has 0 radical (unpaired) electrons. The second-order valence-corrected chi connectivity index (χ2v) is 2.59. The number of hydrogen-bond donors (Lipinski definition) is 1. The predicted molar refractivity (Wildman–Crippen MR) is 44.5 cm³/mol. The quantitative estimate of drug-likeness (QED) is 0.490. The van der Waals surface area contributed by atoms with Gasteiger partial charge in [-0.15, -0.1) is 0 Å². The molecule has 0 amide bonds. The summed E-state index contributed by atoms with van der Waals surface area (Å²) in [4.78, 5) is 10.7. The molecule has 0 saturated carbocycles. The van der Waals surface area contributed by atoms with Gasteiger partial charge in [0, 0.05) is 6.08 Å². The number of allylic oxidation sites excluding steroid dienone is 1. The Labute approximate surface area is 71.3 Å². The molecule has 0 unspecified atom stereocenters. The molecule has 0 aromatic rings. The van der Waals surface area contributed by atoms with Gasteiger partial charge >= 0.3 is 5.97 Å². The van der Waals surface area contributed by atoms with Gasteiger partial charge in [-0.1, -0.05) is 13.0 Å². The van der Waals surface area contributed by atoms with Crippen LogP contribution in [0.3, 0.4) is 0 Å². The van der Waals surface area contributed by atoms with E-state index < -0.39 is 18.2 Å². The Morgan fingerprint density at radius 3 is 3.17 bits per heavy atom. The summed E-state index contributed by atoms with van der Waals surface area (Å²) >= 11 is 0. The van der Waals surface area contributed by atoms with Crippen LogP contribution < -0.4 is 0 Å². The second kappa shape index (κ2) is 4.07. The van der Waals surface area contributed by atoms with Gasteiger partial charge in [0.25, 0.3) is 0 Å². The summed E-state index contributed by atoms with van der Waals surface area (Å²) in [5, 5.41) is 9.30. The maximum atomic E-state index is 10.7. The number of rotatable bonds is 2. The van der Waals surface area contributed by atoms with E-state index in [9.17, 15) is 9.90 Å². The second-order valence-electron chi connectivity index (χ2n) is 2.59. The molecule has 1 aliphatic rings. The number of cyclic esters (lactones) is 1. The van der Waals surface area contributed by atoms with E-state index in [4.69, 9.17) is 4.74 Å². The zero-order valence-corrected chi connectivity index (χ0v) is 6.93. The van der Waals surface area contributed by atoms with Crippen LogP contribution in [0.5, 0.6) is 0 Å². The molecule has 0 bridgehead atoms. The lowest BCUT2D eigenvalue weighted by molar-refractivity contribution is -0.146. The standard InChI is InChI=1S/C9H12O3/c1-2-3-4-8-7(10)5-6-9(11)12-8/h3-8,10H,2H2,1H3/b4-3+/t7-,8-/m0/s1. The Morgan fingerprint density at radius 1 is 1.75 bits per heavy atom. The normalized spacial score (nSPS) is 29.3. The Hall–Kier alpha value is -1.09. The molecule has 0 aliphatic carbocycles. The fraction of sp³-hybridized carbons (Fsp3) is 0.444. The van der Waals surface area contributed by atoms with Gasteiger partial charge in [0.05, 0.1) is 0 Å². The molecule has 66 valence electrons. The van der Waals surface area contributed by atoms with Crippen molar-refractivity contribution in [3.63, 3.8) is 0 Å². The van der Waals surface area contributed by atoms with Crippen molar-refractivity contribution >= 4 is 5.97 Å². The van der Waals surface area contributed by atoms with E-state index in [1.807, 2.05) is 13.0 Å². The Morgan fingerprint density at radius 2 is 2.50 bits per heavy atom. The van der Waals surface area contributed by atoms with Gasteiger partial charge in [0.15, 0.2) is 0 Å². The van der Waals surface area contributed by atoms with Crippen molar-refractivity contribution in [2.75, 3.05) is 0 Å². The molecule has 3 heteroatoms. The zero-order valence-electron chi connectivity index (χ0n) is 6.93. The lowest BCUT2D eigenvalue weighted by Crippen LogP contribution is -2.31. The van der Waals surface area contributed by atoms with Crippen LogP contribution in [0.4, 0.5) is 0 Å². The van der Waals surface area contributed by atoms with E-state index in [0.29, 0.717) is 0 Å². The van der Waals surface area contributed by atoms with Crippen LogP contribution in [-0.2, 0) is 9.53 Å². The zero-order chi connectivity index (χ0) is 8.97. The number of aliphatic hydroxyl groups excluding tert-OH is 1. The molecular formula is C9H12O3. The summed E-state index contributed by atoms with van der Waals surface area (Å²) in [6.45, 7) is 1.98. The molecule has 1 heterocycles. The molecule has 2 atom stereocenters. The van der Waals surface area contributed by atoms with E-state index in [0.717, 1.165) is 6.42 Å². The highest BCUT2D eigenvalue weighted by Crippen LogP contribution is 2.09. The van der Waals surface area contributed by atoms with Crippen molar-refractivity contribution < 1.29 is 14.6 Å². The van der Waals surface area contributed by atoms with E-state index in [2.05, 4.69) is 0 Å². The average Bonchev–Trinajstić information content (AvgIpc) is 2.07. The smallest absolute Gasteiger partial charge is 0.331 e. The third kappa shape index (κ3) is 2.20. The third-order valence-electron chi connectivity index (χ3n) is 1.58. The molecule has 1 aliphatic heterocycles. The Balaban J connectivity index is 2.59. The molecule has 0 aromatic heterocycles. The minimum absolute atomic E-state index is 0.397. The van der Waals surface area contributed by atoms with Crippen molar-refractivity contribution in [2.45, 2.75) is 25.6 Å². The summed E-state index contributed by atoms with van der Waals surface area (Å²) in [6.07, 6.45) is 5.89. The highest BCUT2D eigenvalue weighted by Gasteiger charge is 2.21. The molecule has 1 rings (SSSR count). The molecular weight excluding hydrogens is 156 g/mol. The monoisotopic (exact) mass is 168 g/mol. The number of aliphatic hydroxyl groups is 1. The number of carbonyl (C=O) groups excluding carboxylic acids is 1. The van der Waals surface area contributed by atoms with Gasteiger partial charge in [0.1, 0.15) is 12.2 Å². The first-order valence-electron chi connectivity index (χ1n) is 3.97. The van der Waals surface area contributed by atoms with Gasteiger partial charge in [-0.2, -0.15) is 0 Å². The van der Waals surface area contributed by atoms with Crippen LogP contribution in [0.2, 0.25) is 0 Å². The molecule has 3 nitrogen and oxygen atoms in total. The fourth-order valence-corrected chi connectivity index (χ4v) is 0.953. The lowest BCUT2D eigenvalue weighted by Gasteiger charge is -2.20. The van der Waals surface area contributed by atoms with Gasteiger partial charge in [-0.3, -0.25) is 0 Å². The van der Waals surface area contributed by atoms with Crippen LogP contribution >= 0.6 is 0 Å². The van der Waals surface area contributed by atoms with Gasteiger partial charge in [-0.25, -0.2) is 4.79 Å². The van der Waals surface area contributed by atoms with Gasteiger partial charge in [0.2, 0.25) is 0 Å². The first kappa shape index (κ1) is 9.00. The average molecular weight is 168 g/mol. The van der Waals surface area contributed by atoms with E-state index in [1.165, 1.54) is 12.2 Å². The van der Waals surface area contributed by atoms with Crippen LogP contribution in [-0.4, -0.2) is 23.3 Å². The Bertz CT molecular complexity index is 218. The summed E-state index contributed by atoms with van der Waals surface area (Å²) < 4.78 is 4.84. The Kier molecular flexibility index (Phi) is 3.05. The van der Waals surface area contributed by atoms with E-state index in [1.54, 1.807) is 6.08 Å². The number of carbonyl (C=O) groups is 1. The third-order valence-corrected chi connectivity index (χ3v) is 1.58. The first-order valence-corrected chi connectivity index (χ1v) is 3.97. The van der Waals surface area contributed by atoms with Crippen molar-refractivity contribution in [2.24, 2.45) is 0 Å². The molecule has 12 heavy (non-hydrogen) atoms.